The van der Waals surface area contributed by atoms with Crippen LogP contribution in [0.4, 0.5) is 9.18 Å². The zero-order valence-corrected chi connectivity index (χ0v) is 13.4. The molecule has 21 heavy (non-hydrogen) atoms. The van der Waals surface area contributed by atoms with Crippen LogP contribution in [0.15, 0.2) is 18.2 Å². The van der Waals surface area contributed by atoms with Crippen LogP contribution in [0.3, 0.4) is 0 Å². The highest BCUT2D eigenvalue weighted by atomic mass is 35.5. The van der Waals surface area contributed by atoms with Crippen molar-refractivity contribution in [3.8, 4) is 0 Å². The molecule has 1 amide bonds. The maximum atomic E-state index is 13.5. The molecule has 1 atom stereocenters. The summed E-state index contributed by atoms with van der Waals surface area (Å²) in [5.74, 6) is -0.420. The predicted molar refractivity (Wildman–Crippen MR) is 81.1 cm³/mol. The predicted octanol–water partition coefficient (Wildman–Crippen LogP) is 4.42. The van der Waals surface area contributed by atoms with E-state index in [2.05, 4.69) is 0 Å². The molecule has 0 spiro atoms. The van der Waals surface area contributed by atoms with Gasteiger partial charge in [-0.2, -0.15) is 0 Å². The molecule has 1 aromatic carbocycles. The first-order chi connectivity index (χ1) is 9.76. The number of nitrogens with zero attached hydrogens (tertiary/aromatic N) is 1. The van der Waals surface area contributed by atoms with E-state index >= 15 is 0 Å². The Morgan fingerprint density at radius 3 is 2.81 bits per heavy atom. The summed E-state index contributed by atoms with van der Waals surface area (Å²) in [5, 5.41) is 0.120. The normalized spacial score (nSPS) is 18.9. The van der Waals surface area contributed by atoms with Crippen molar-refractivity contribution in [3.63, 3.8) is 0 Å². The van der Waals surface area contributed by atoms with Gasteiger partial charge in [0, 0.05) is 12.6 Å². The van der Waals surface area contributed by atoms with Crippen LogP contribution in [0.5, 0.6) is 0 Å². The first kappa shape index (κ1) is 16.1. The van der Waals surface area contributed by atoms with Crippen molar-refractivity contribution in [3.05, 3.63) is 34.6 Å². The van der Waals surface area contributed by atoms with Crippen LogP contribution in [0, 0.1) is 5.82 Å². The maximum absolute atomic E-state index is 13.5. The highest BCUT2D eigenvalue weighted by molar-refractivity contribution is 6.30. The molecule has 1 aliphatic rings. The van der Waals surface area contributed by atoms with Crippen LogP contribution in [0.1, 0.15) is 39.2 Å². The van der Waals surface area contributed by atoms with Crippen molar-refractivity contribution in [2.45, 2.75) is 51.7 Å². The van der Waals surface area contributed by atoms with E-state index < -0.39 is 11.4 Å². The number of hydrogen-bond donors (Lipinski definition) is 0. The molecule has 1 fully saturated rings. The van der Waals surface area contributed by atoms with Gasteiger partial charge in [0.05, 0.1) is 5.02 Å². The van der Waals surface area contributed by atoms with Crippen LogP contribution in [0.25, 0.3) is 0 Å². The summed E-state index contributed by atoms with van der Waals surface area (Å²) in [4.78, 5) is 13.9. The number of benzene rings is 1. The second kappa shape index (κ2) is 6.22. The summed E-state index contributed by atoms with van der Waals surface area (Å²) in [6, 6.07) is 4.85. The molecular weight excluding hydrogens is 293 g/mol. The number of likely N-dealkylation sites (tertiary alicyclic amines) is 1. The number of ether oxygens (including phenoxy) is 1. The third-order valence-corrected chi connectivity index (χ3v) is 3.77. The van der Waals surface area contributed by atoms with Crippen LogP contribution >= 0.6 is 11.6 Å². The Kier molecular flexibility index (Phi) is 4.77. The van der Waals surface area contributed by atoms with Gasteiger partial charge < -0.3 is 9.64 Å². The Bertz CT molecular complexity index is 527. The Hall–Kier alpha value is -1.29. The van der Waals surface area contributed by atoms with E-state index in [4.69, 9.17) is 16.3 Å². The Balaban J connectivity index is 2.05. The minimum atomic E-state index is -0.503. The largest absolute Gasteiger partial charge is 0.444 e. The van der Waals surface area contributed by atoms with Gasteiger partial charge in [0.15, 0.2) is 0 Å². The molecule has 0 aliphatic carbocycles. The Morgan fingerprint density at radius 1 is 1.48 bits per heavy atom. The number of carbonyl (C=O) groups excluding carboxylic acids is 1. The monoisotopic (exact) mass is 313 g/mol. The molecule has 1 saturated heterocycles. The van der Waals surface area contributed by atoms with E-state index in [9.17, 15) is 9.18 Å². The Morgan fingerprint density at radius 2 is 2.19 bits per heavy atom. The van der Waals surface area contributed by atoms with Crippen molar-refractivity contribution in [2.24, 2.45) is 0 Å². The first-order valence-electron chi connectivity index (χ1n) is 7.20. The SMILES string of the molecule is CC(C)(C)OC(=O)N1CCC[C@H]1Cc1ccc(Cl)c(F)c1. The first-order valence-corrected chi connectivity index (χ1v) is 7.57. The highest BCUT2D eigenvalue weighted by Gasteiger charge is 2.32. The molecule has 116 valence electrons. The standard InChI is InChI=1S/C16H21ClFNO2/c1-16(2,3)21-15(20)19-8-4-5-12(19)9-11-6-7-13(17)14(18)10-11/h6-7,10,12H,4-5,8-9H2,1-3H3/t12-/m0/s1. The molecule has 1 aliphatic heterocycles. The molecule has 0 aromatic heterocycles. The smallest absolute Gasteiger partial charge is 0.410 e. The fourth-order valence-electron chi connectivity index (χ4n) is 2.55. The summed E-state index contributed by atoms with van der Waals surface area (Å²) >= 11 is 5.69. The topological polar surface area (TPSA) is 29.5 Å². The van der Waals surface area contributed by atoms with E-state index in [1.54, 1.807) is 17.0 Å². The average Bonchev–Trinajstić information content (AvgIpc) is 2.80. The number of amides is 1. The molecular formula is C16H21ClFNO2. The number of rotatable bonds is 2. The highest BCUT2D eigenvalue weighted by Crippen LogP contribution is 2.25. The van der Waals surface area contributed by atoms with Crippen molar-refractivity contribution in [1.82, 2.24) is 4.90 Å². The molecule has 0 saturated carbocycles. The third-order valence-electron chi connectivity index (χ3n) is 3.46. The molecule has 1 heterocycles. The molecule has 0 bridgehead atoms. The van der Waals surface area contributed by atoms with Crippen LogP contribution in [0.2, 0.25) is 5.02 Å². The molecule has 5 heteroatoms. The van der Waals surface area contributed by atoms with Crippen molar-refractivity contribution in [1.29, 1.82) is 0 Å². The molecule has 1 aromatic rings. The van der Waals surface area contributed by atoms with E-state index in [1.165, 1.54) is 6.07 Å². The van der Waals surface area contributed by atoms with Crippen molar-refractivity contribution < 1.29 is 13.9 Å². The Labute approximate surface area is 130 Å². The van der Waals surface area contributed by atoms with Crippen molar-refractivity contribution >= 4 is 17.7 Å². The lowest BCUT2D eigenvalue weighted by molar-refractivity contribution is 0.0227. The van der Waals surface area contributed by atoms with Gasteiger partial charge in [0.2, 0.25) is 0 Å². The van der Waals surface area contributed by atoms with Gasteiger partial charge in [-0.05, 0) is 57.7 Å². The number of halogens is 2. The molecule has 3 nitrogen and oxygen atoms in total. The van der Waals surface area contributed by atoms with Gasteiger partial charge in [-0.3, -0.25) is 0 Å². The maximum Gasteiger partial charge on any atom is 0.410 e. The number of hydrogen-bond acceptors (Lipinski definition) is 2. The van der Waals surface area contributed by atoms with Crippen molar-refractivity contribution in [2.75, 3.05) is 6.54 Å². The van der Waals surface area contributed by atoms with E-state index in [0.717, 1.165) is 18.4 Å². The van der Waals surface area contributed by atoms with Gasteiger partial charge in [-0.1, -0.05) is 17.7 Å². The van der Waals surface area contributed by atoms with Gasteiger partial charge in [0.25, 0.3) is 0 Å². The minimum absolute atomic E-state index is 0.0559. The molecule has 0 radical (unpaired) electrons. The molecule has 2 rings (SSSR count). The fraction of sp³-hybridized carbons (Fsp3) is 0.562. The summed E-state index contributed by atoms with van der Waals surface area (Å²) in [6.45, 7) is 6.25. The summed E-state index contributed by atoms with van der Waals surface area (Å²) in [7, 11) is 0. The van der Waals surface area contributed by atoms with Gasteiger partial charge in [0.1, 0.15) is 11.4 Å². The summed E-state index contributed by atoms with van der Waals surface area (Å²) < 4.78 is 18.9. The summed E-state index contributed by atoms with van der Waals surface area (Å²) in [6.07, 6.45) is 2.18. The van der Waals surface area contributed by atoms with Gasteiger partial charge >= 0.3 is 6.09 Å². The number of carbonyl (C=O) groups is 1. The van der Waals surface area contributed by atoms with E-state index in [0.29, 0.717) is 13.0 Å². The zero-order valence-electron chi connectivity index (χ0n) is 12.7. The summed E-state index contributed by atoms with van der Waals surface area (Å²) in [5.41, 5.74) is 0.341. The van der Waals surface area contributed by atoms with Gasteiger partial charge in [-0.15, -0.1) is 0 Å². The average molecular weight is 314 g/mol. The third kappa shape index (κ3) is 4.34. The lowest BCUT2D eigenvalue weighted by atomic mass is 10.0. The quantitative estimate of drug-likeness (QED) is 0.809. The minimum Gasteiger partial charge on any atom is -0.444 e. The van der Waals surface area contributed by atoms with Crippen LogP contribution in [-0.4, -0.2) is 29.2 Å². The zero-order chi connectivity index (χ0) is 15.6. The molecule has 0 N–H and O–H groups in total. The van der Waals surface area contributed by atoms with E-state index in [-0.39, 0.29) is 17.2 Å². The van der Waals surface area contributed by atoms with Crippen LogP contribution in [-0.2, 0) is 11.2 Å². The van der Waals surface area contributed by atoms with Crippen LogP contribution < -0.4 is 0 Å². The van der Waals surface area contributed by atoms with E-state index in [1.807, 2.05) is 20.8 Å². The second-order valence-corrected chi connectivity index (χ2v) is 6.83. The fourth-order valence-corrected chi connectivity index (χ4v) is 2.67. The lowest BCUT2D eigenvalue weighted by Gasteiger charge is -2.28. The van der Waals surface area contributed by atoms with Gasteiger partial charge in [-0.25, -0.2) is 9.18 Å². The lowest BCUT2D eigenvalue weighted by Crippen LogP contribution is -2.40. The second-order valence-electron chi connectivity index (χ2n) is 6.42. The molecule has 0 unspecified atom stereocenters.